The molecule has 1 saturated heterocycles. The number of halogens is 4. The molecule has 3 atom stereocenters. The van der Waals surface area contributed by atoms with Gasteiger partial charge in [0.2, 0.25) is 0 Å². The minimum absolute atomic E-state index is 0.136. The average Bonchev–Trinajstić information content (AvgIpc) is 3.43. The van der Waals surface area contributed by atoms with E-state index in [1.165, 1.54) is 4.90 Å². The van der Waals surface area contributed by atoms with E-state index in [4.69, 9.17) is 0 Å². The second-order valence-electron chi connectivity index (χ2n) is 8.00. The van der Waals surface area contributed by atoms with Crippen LogP contribution < -0.4 is 5.32 Å². The Hall–Kier alpha value is -3.11. The summed E-state index contributed by atoms with van der Waals surface area (Å²) in [5, 5.41) is 10.4. The van der Waals surface area contributed by atoms with Crippen molar-refractivity contribution < 1.29 is 31.9 Å². The molecule has 0 unspecified atom stereocenters. The lowest BCUT2D eigenvalue weighted by Gasteiger charge is -2.25. The SMILES string of the molecule is CC[C@H](NC(=O)C(=O)N1CC[C@H](C(=O)Cc2ccc(F)c(C(F)F)c2F)[C@@H]1C)C1=CCN=N1. The molecule has 1 aromatic carbocycles. The Morgan fingerprint density at radius 1 is 1.24 bits per heavy atom. The molecule has 2 aliphatic heterocycles. The van der Waals surface area contributed by atoms with Crippen LogP contribution in [0, 0.1) is 17.6 Å². The van der Waals surface area contributed by atoms with E-state index in [1.54, 1.807) is 13.0 Å². The van der Waals surface area contributed by atoms with Gasteiger partial charge in [0.25, 0.3) is 6.43 Å². The van der Waals surface area contributed by atoms with Crippen LogP contribution in [0.4, 0.5) is 17.6 Å². The number of nitrogens with one attached hydrogen (secondary N) is 1. The summed E-state index contributed by atoms with van der Waals surface area (Å²) in [5.41, 5.74) is -1.13. The standard InChI is InChI=1S/C22H24F4N4O3/c1-3-15(16-6-8-27-29-16)28-21(32)22(33)30-9-7-13(11(30)2)17(31)10-12-4-5-14(23)18(19(12)24)20(25)26/h4-6,11,13,15,20H,3,7-10H2,1-2H3,(H,28,32)/t11-,13-,15-/m0/s1. The topological polar surface area (TPSA) is 91.2 Å². The van der Waals surface area contributed by atoms with Crippen molar-refractivity contribution in [3.63, 3.8) is 0 Å². The number of amides is 2. The Morgan fingerprint density at radius 3 is 2.58 bits per heavy atom. The molecule has 0 bridgehead atoms. The van der Waals surface area contributed by atoms with Crippen LogP contribution in [-0.2, 0) is 20.8 Å². The first kappa shape index (κ1) is 24.5. The molecular weight excluding hydrogens is 444 g/mol. The molecule has 0 saturated carbocycles. The van der Waals surface area contributed by atoms with Crippen LogP contribution in [0.5, 0.6) is 0 Å². The Bertz CT molecular complexity index is 1010. The van der Waals surface area contributed by atoms with Crippen molar-refractivity contribution in [2.24, 2.45) is 16.1 Å². The molecule has 7 nitrogen and oxygen atoms in total. The van der Waals surface area contributed by atoms with E-state index in [2.05, 4.69) is 15.5 Å². The smallest absolute Gasteiger partial charge is 0.312 e. The van der Waals surface area contributed by atoms with Gasteiger partial charge in [-0.15, -0.1) is 0 Å². The number of carbonyl (C=O) groups excluding carboxylic acids is 3. The van der Waals surface area contributed by atoms with Crippen molar-refractivity contribution in [3.8, 4) is 0 Å². The summed E-state index contributed by atoms with van der Waals surface area (Å²) < 4.78 is 53.7. The van der Waals surface area contributed by atoms with Crippen LogP contribution in [0.1, 0.15) is 44.2 Å². The summed E-state index contributed by atoms with van der Waals surface area (Å²) in [6.07, 6.45) is -1.39. The highest BCUT2D eigenvalue weighted by atomic mass is 19.3. The van der Waals surface area contributed by atoms with Gasteiger partial charge < -0.3 is 10.2 Å². The molecule has 11 heteroatoms. The number of hydrogen-bond acceptors (Lipinski definition) is 5. The number of likely N-dealkylation sites (tertiary alicyclic amines) is 1. The van der Waals surface area contributed by atoms with Gasteiger partial charge in [-0.05, 0) is 37.5 Å². The minimum Gasteiger partial charge on any atom is -0.339 e. The van der Waals surface area contributed by atoms with E-state index in [1.807, 2.05) is 6.92 Å². The van der Waals surface area contributed by atoms with Gasteiger partial charge in [-0.3, -0.25) is 14.4 Å². The number of hydrogen-bond donors (Lipinski definition) is 1. The summed E-state index contributed by atoms with van der Waals surface area (Å²) in [6.45, 7) is 3.97. The fourth-order valence-corrected chi connectivity index (χ4v) is 4.17. The van der Waals surface area contributed by atoms with Gasteiger partial charge in [0.1, 0.15) is 17.4 Å². The predicted molar refractivity (Wildman–Crippen MR) is 109 cm³/mol. The molecule has 1 fully saturated rings. The fourth-order valence-electron chi connectivity index (χ4n) is 4.17. The highest BCUT2D eigenvalue weighted by molar-refractivity contribution is 6.35. The highest BCUT2D eigenvalue weighted by Crippen LogP contribution is 2.30. The van der Waals surface area contributed by atoms with Gasteiger partial charge in [0.05, 0.1) is 23.8 Å². The monoisotopic (exact) mass is 468 g/mol. The minimum atomic E-state index is -3.36. The second kappa shape index (κ2) is 10.2. The number of nitrogens with zero attached hydrogens (tertiary/aromatic N) is 3. The molecule has 1 N–H and O–H groups in total. The first-order chi connectivity index (χ1) is 15.6. The van der Waals surface area contributed by atoms with Crippen LogP contribution >= 0.6 is 0 Å². The molecule has 3 rings (SSSR count). The summed E-state index contributed by atoms with van der Waals surface area (Å²) in [6, 6.07) is 0.548. The zero-order chi connectivity index (χ0) is 24.3. The maximum atomic E-state index is 14.3. The van der Waals surface area contributed by atoms with Crippen molar-refractivity contribution in [2.75, 3.05) is 13.1 Å². The Kier molecular flexibility index (Phi) is 7.60. The van der Waals surface area contributed by atoms with Gasteiger partial charge in [-0.25, -0.2) is 17.6 Å². The van der Waals surface area contributed by atoms with Gasteiger partial charge in [-0.2, -0.15) is 10.2 Å². The zero-order valence-corrected chi connectivity index (χ0v) is 18.2. The Balaban J connectivity index is 1.65. The van der Waals surface area contributed by atoms with E-state index in [0.29, 0.717) is 24.7 Å². The molecule has 33 heavy (non-hydrogen) atoms. The lowest BCUT2D eigenvalue weighted by atomic mass is 9.91. The quantitative estimate of drug-likeness (QED) is 0.491. The van der Waals surface area contributed by atoms with Crippen molar-refractivity contribution in [1.82, 2.24) is 10.2 Å². The van der Waals surface area contributed by atoms with Gasteiger partial charge in [0.15, 0.2) is 0 Å². The number of azo groups is 1. The van der Waals surface area contributed by atoms with E-state index < -0.39 is 65.6 Å². The molecule has 0 spiro atoms. The van der Waals surface area contributed by atoms with Crippen molar-refractivity contribution in [1.29, 1.82) is 0 Å². The third kappa shape index (κ3) is 5.12. The van der Waals surface area contributed by atoms with E-state index in [-0.39, 0.29) is 18.5 Å². The van der Waals surface area contributed by atoms with E-state index in [9.17, 15) is 31.9 Å². The third-order valence-corrected chi connectivity index (χ3v) is 6.05. The Labute approximate surface area is 187 Å². The molecule has 0 aliphatic carbocycles. The maximum absolute atomic E-state index is 14.3. The van der Waals surface area contributed by atoms with Gasteiger partial charge >= 0.3 is 11.8 Å². The first-order valence-corrected chi connectivity index (χ1v) is 10.6. The van der Waals surface area contributed by atoms with Gasteiger partial charge in [-0.1, -0.05) is 13.0 Å². The zero-order valence-electron chi connectivity index (χ0n) is 18.2. The third-order valence-electron chi connectivity index (χ3n) is 6.05. The first-order valence-electron chi connectivity index (χ1n) is 10.6. The summed E-state index contributed by atoms with van der Waals surface area (Å²) in [5.74, 6) is -5.66. The summed E-state index contributed by atoms with van der Waals surface area (Å²) in [4.78, 5) is 39.2. The number of rotatable bonds is 7. The van der Waals surface area contributed by atoms with E-state index >= 15 is 0 Å². The van der Waals surface area contributed by atoms with Crippen LogP contribution in [-0.4, -0.2) is 47.7 Å². The largest absolute Gasteiger partial charge is 0.339 e. The molecule has 0 radical (unpaired) electrons. The fraction of sp³-hybridized carbons (Fsp3) is 0.500. The lowest BCUT2D eigenvalue weighted by molar-refractivity contribution is -0.147. The van der Waals surface area contributed by atoms with Crippen molar-refractivity contribution >= 4 is 17.6 Å². The van der Waals surface area contributed by atoms with Crippen LogP contribution in [0.15, 0.2) is 34.1 Å². The van der Waals surface area contributed by atoms with Crippen LogP contribution in [0.2, 0.25) is 0 Å². The molecule has 0 aromatic heterocycles. The molecular formula is C22H24F4N4O3. The molecule has 178 valence electrons. The number of benzene rings is 1. The highest BCUT2D eigenvalue weighted by Gasteiger charge is 2.40. The molecule has 2 amide bonds. The number of ketones is 1. The summed E-state index contributed by atoms with van der Waals surface area (Å²) >= 11 is 0. The number of alkyl halides is 2. The normalized spacial score (nSPS) is 20.8. The molecule has 2 aliphatic rings. The second-order valence-corrected chi connectivity index (χ2v) is 8.00. The average molecular weight is 468 g/mol. The number of carbonyl (C=O) groups is 3. The molecule has 2 heterocycles. The van der Waals surface area contributed by atoms with Crippen molar-refractivity contribution in [3.05, 3.63) is 46.7 Å². The Morgan fingerprint density at radius 2 is 1.97 bits per heavy atom. The van der Waals surface area contributed by atoms with Crippen LogP contribution in [0.25, 0.3) is 0 Å². The summed E-state index contributed by atoms with van der Waals surface area (Å²) in [7, 11) is 0. The van der Waals surface area contributed by atoms with E-state index in [0.717, 1.165) is 6.07 Å². The van der Waals surface area contributed by atoms with Gasteiger partial charge in [0, 0.05) is 24.9 Å². The lowest BCUT2D eigenvalue weighted by Crippen LogP contribution is -2.48. The van der Waals surface area contributed by atoms with Crippen molar-refractivity contribution in [2.45, 2.75) is 51.6 Å². The molecule has 1 aromatic rings. The predicted octanol–water partition coefficient (Wildman–Crippen LogP) is 3.50. The number of Topliss-reactive ketones (excluding diaryl/α,β-unsaturated/α-hetero) is 1. The van der Waals surface area contributed by atoms with Crippen LogP contribution in [0.3, 0.4) is 0 Å². The maximum Gasteiger partial charge on any atom is 0.312 e.